The van der Waals surface area contributed by atoms with Crippen LogP contribution in [0.4, 0.5) is 8.78 Å². The van der Waals surface area contributed by atoms with Crippen molar-refractivity contribution in [2.75, 3.05) is 18.6 Å². The molecule has 0 spiro atoms. The zero-order valence-corrected chi connectivity index (χ0v) is 11.3. The van der Waals surface area contributed by atoms with E-state index in [-0.39, 0.29) is 6.04 Å². The van der Waals surface area contributed by atoms with Gasteiger partial charge in [-0.05, 0) is 36.4 Å². The summed E-state index contributed by atoms with van der Waals surface area (Å²) in [6.07, 6.45) is 0. The Hall–Kier alpha value is -0.610. The average molecular weight is 259 g/mol. The highest BCUT2D eigenvalue weighted by Gasteiger charge is 2.12. The van der Waals surface area contributed by atoms with Crippen molar-refractivity contribution in [1.29, 1.82) is 0 Å². The molecule has 1 aromatic rings. The number of thioether (sulfide) groups is 1. The molecular weight excluding hydrogens is 240 g/mol. The summed E-state index contributed by atoms with van der Waals surface area (Å²) in [5.74, 6) is 0.999. The number of rotatable bonds is 6. The van der Waals surface area contributed by atoms with Gasteiger partial charge in [0.05, 0.1) is 0 Å². The summed E-state index contributed by atoms with van der Waals surface area (Å²) in [5, 5.41) is 3.13. The third-order valence-electron chi connectivity index (χ3n) is 2.43. The van der Waals surface area contributed by atoms with Crippen molar-refractivity contribution in [3.8, 4) is 0 Å². The molecule has 0 fully saturated rings. The van der Waals surface area contributed by atoms with Crippen molar-refractivity contribution in [2.45, 2.75) is 19.9 Å². The van der Waals surface area contributed by atoms with E-state index >= 15 is 0 Å². The van der Waals surface area contributed by atoms with Gasteiger partial charge in [0.25, 0.3) is 0 Å². The van der Waals surface area contributed by atoms with Gasteiger partial charge in [-0.15, -0.1) is 0 Å². The summed E-state index contributed by atoms with van der Waals surface area (Å²) in [4.78, 5) is 0. The third-order valence-corrected chi connectivity index (χ3v) is 3.90. The van der Waals surface area contributed by atoms with Crippen LogP contribution < -0.4 is 5.32 Å². The second-order valence-electron chi connectivity index (χ2n) is 4.45. The normalized spacial score (nSPS) is 13.1. The molecule has 0 radical (unpaired) electrons. The van der Waals surface area contributed by atoms with Crippen molar-refractivity contribution in [3.05, 3.63) is 35.4 Å². The van der Waals surface area contributed by atoms with Crippen LogP contribution in [0, 0.1) is 17.6 Å². The highest BCUT2D eigenvalue weighted by Crippen LogP contribution is 2.21. The van der Waals surface area contributed by atoms with E-state index < -0.39 is 11.6 Å². The molecule has 4 heteroatoms. The summed E-state index contributed by atoms with van der Waals surface area (Å²) in [6, 6.07) is 4.15. The van der Waals surface area contributed by atoms with Gasteiger partial charge in [-0.1, -0.05) is 19.9 Å². The molecule has 1 nitrogen and oxygen atoms in total. The van der Waals surface area contributed by atoms with Crippen molar-refractivity contribution >= 4 is 11.8 Å². The largest absolute Gasteiger partial charge is 0.312 e. The van der Waals surface area contributed by atoms with E-state index in [1.54, 1.807) is 6.07 Å². The maximum absolute atomic E-state index is 13.1. The van der Waals surface area contributed by atoms with Crippen LogP contribution in [-0.2, 0) is 0 Å². The minimum Gasteiger partial charge on any atom is -0.312 e. The van der Waals surface area contributed by atoms with Gasteiger partial charge >= 0.3 is 0 Å². The first-order valence-corrected chi connectivity index (χ1v) is 6.90. The second-order valence-corrected chi connectivity index (χ2v) is 5.52. The van der Waals surface area contributed by atoms with Crippen molar-refractivity contribution in [1.82, 2.24) is 5.32 Å². The Balaban J connectivity index is 2.62. The summed E-state index contributed by atoms with van der Waals surface area (Å²) in [7, 11) is 1.84. The Bertz CT molecular complexity index is 355. The van der Waals surface area contributed by atoms with E-state index in [2.05, 4.69) is 19.2 Å². The molecule has 17 heavy (non-hydrogen) atoms. The Morgan fingerprint density at radius 2 is 1.88 bits per heavy atom. The Labute approximate surface area is 106 Å². The van der Waals surface area contributed by atoms with Gasteiger partial charge in [-0.25, -0.2) is 8.78 Å². The highest BCUT2D eigenvalue weighted by molar-refractivity contribution is 7.99. The fourth-order valence-electron chi connectivity index (χ4n) is 1.50. The fraction of sp³-hybridized carbons (Fsp3) is 0.538. The first kappa shape index (κ1) is 14.5. The molecule has 1 atom stereocenters. The van der Waals surface area contributed by atoms with Gasteiger partial charge in [0.15, 0.2) is 11.6 Å². The summed E-state index contributed by atoms with van der Waals surface area (Å²) in [5.41, 5.74) is 0.794. The minimum atomic E-state index is -0.793. The highest BCUT2D eigenvalue weighted by atomic mass is 32.2. The second kappa shape index (κ2) is 6.97. The molecule has 96 valence electrons. The van der Waals surface area contributed by atoms with Crippen molar-refractivity contribution < 1.29 is 8.78 Å². The van der Waals surface area contributed by atoms with E-state index in [9.17, 15) is 8.78 Å². The zero-order valence-electron chi connectivity index (χ0n) is 10.5. The maximum atomic E-state index is 13.1. The topological polar surface area (TPSA) is 12.0 Å². The van der Waals surface area contributed by atoms with Crippen LogP contribution in [0.25, 0.3) is 0 Å². The van der Waals surface area contributed by atoms with E-state index in [0.717, 1.165) is 17.1 Å². The van der Waals surface area contributed by atoms with Gasteiger partial charge in [-0.3, -0.25) is 0 Å². The zero-order chi connectivity index (χ0) is 12.8. The molecule has 0 aromatic heterocycles. The summed E-state index contributed by atoms with van der Waals surface area (Å²) < 4.78 is 25.9. The lowest BCUT2D eigenvalue weighted by molar-refractivity contribution is 0.504. The smallest absolute Gasteiger partial charge is 0.159 e. The first-order valence-electron chi connectivity index (χ1n) is 5.74. The Kier molecular flexibility index (Phi) is 5.92. The lowest BCUT2D eigenvalue weighted by Gasteiger charge is -2.17. The van der Waals surface area contributed by atoms with E-state index in [4.69, 9.17) is 0 Å². The lowest BCUT2D eigenvalue weighted by atomic mass is 10.1. The standard InChI is InChI=1S/C13H19F2NS/c1-9(2)7-17-8-13(16-3)10-4-5-11(14)12(15)6-10/h4-6,9,13,16H,7-8H2,1-3H3. The molecule has 0 saturated carbocycles. The van der Waals surface area contributed by atoms with Crippen LogP contribution in [0.5, 0.6) is 0 Å². The number of nitrogens with one attached hydrogen (secondary N) is 1. The predicted octanol–water partition coefficient (Wildman–Crippen LogP) is 3.61. The molecule has 1 aromatic carbocycles. The van der Waals surface area contributed by atoms with Crippen LogP contribution in [-0.4, -0.2) is 18.6 Å². The molecule has 1 N–H and O–H groups in total. The van der Waals surface area contributed by atoms with Gasteiger partial charge in [0, 0.05) is 11.8 Å². The molecular formula is C13H19F2NS. The Morgan fingerprint density at radius 1 is 1.18 bits per heavy atom. The molecule has 0 bridgehead atoms. The van der Waals surface area contributed by atoms with Crippen LogP contribution in [0.1, 0.15) is 25.5 Å². The van der Waals surface area contributed by atoms with Gasteiger partial charge < -0.3 is 5.32 Å². The number of hydrogen-bond acceptors (Lipinski definition) is 2. The van der Waals surface area contributed by atoms with Crippen LogP contribution in [0.15, 0.2) is 18.2 Å². The van der Waals surface area contributed by atoms with Crippen LogP contribution in [0.2, 0.25) is 0 Å². The van der Waals surface area contributed by atoms with E-state index in [1.165, 1.54) is 12.1 Å². The number of hydrogen-bond donors (Lipinski definition) is 1. The molecule has 0 amide bonds. The monoisotopic (exact) mass is 259 g/mol. The first-order chi connectivity index (χ1) is 8.04. The Morgan fingerprint density at radius 3 is 2.41 bits per heavy atom. The van der Waals surface area contributed by atoms with Gasteiger partial charge in [0.2, 0.25) is 0 Å². The number of benzene rings is 1. The molecule has 1 unspecified atom stereocenters. The quantitative estimate of drug-likeness (QED) is 0.837. The van der Waals surface area contributed by atoms with Crippen molar-refractivity contribution in [3.63, 3.8) is 0 Å². The summed E-state index contributed by atoms with van der Waals surface area (Å²) in [6.45, 7) is 4.33. The van der Waals surface area contributed by atoms with E-state index in [1.807, 2.05) is 18.8 Å². The average Bonchev–Trinajstić information content (AvgIpc) is 2.28. The minimum absolute atomic E-state index is 0.0637. The lowest BCUT2D eigenvalue weighted by Crippen LogP contribution is -2.19. The summed E-state index contributed by atoms with van der Waals surface area (Å²) >= 11 is 1.82. The fourth-order valence-corrected chi connectivity index (χ4v) is 2.70. The molecule has 0 saturated heterocycles. The molecule has 0 aliphatic heterocycles. The van der Waals surface area contributed by atoms with E-state index in [0.29, 0.717) is 5.92 Å². The van der Waals surface area contributed by atoms with Crippen LogP contribution in [0.3, 0.4) is 0 Å². The maximum Gasteiger partial charge on any atom is 0.159 e. The van der Waals surface area contributed by atoms with Gasteiger partial charge in [0.1, 0.15) is 0 Å². The van der Waals surface area contributed by atoms with Crippen LogP contribution >= 0.6 is 11.8 Å². The predicted molar refractivity (Wildman–Crippen MR) is 70.3 cm³/mol. The molecule has 0 aliphatic rings. The van der Waals surface area contributed by atoms with Gasteiger partial charge in [-0.2, -0.15) is 11.8 Å². The third kappa shape index (κ3) is 4.64. The molecule has 0 aliphatic carbocycles. The number of halogens is 2. The molecule has 1 rings (SSSR count). The molecule has 0 heterocycles. The SMILES string of the molecule is CNC(CSCC(C)C)c1ccc(F)c(F)c1. The van der Waals surface area contributed by atoms with Crippen molar-refractivity contribution in [2.24, 2.45) is 5.92 Å².